The van der Waals surface area contributed by atoms with Crippen LogP contribution in [-0.2, 0) is 13.0 Å². The molecule has 4 rings (SSSR count). The maximum absolute atomic E-state index is 14.8. The van der Waals surface area contributed by atoms with Crippen LogP contribution in [0.15, 0.2) is 64.8 Å². The molecule has 0 saturated heterocycles. The third-order valence-electron chi connectivity index (χ3n) is 5.98. The summed E-state index contributed by atoms with van der Waals surface area (Å²) in [7, 11) is 3.13. The highest BCUT2D eigenvalue weighted by Gasteiger charge is 2.35. The van der Waals surface area contributed by atoms with Crippen LogP contribution in [0.1, 0.15) is 28.3 Å². The van der Waals surface area contributed by atoms with Gasteiger partial charge in [0.05, 0.1) is 25.7 Å². The van der Waals surface area contributed by atoms with E-state index in [9.17, 15) is 14.4 Å². The van der Waals surface area contributed by atoms with E-state index in [1.807, 2.05) is 24.3 Å². The van der Waals surface area contributed by atoms with Gasteiger partial charge in [-0.3, -0.25) is 4.79 Å². The molecule has 2 aromatic carbocycles. The Morgan fingerprint density at radius 2 is 1.88 bits per heavy atom. The molecule has 8 heteroatoms. The van der Waals surface area contributed by atoms with Crippen LogP contribution in [0.4, 0.5) is 4.39 Å². The number of hydrogen-bond donors (Lipinski definition) is 1. The molecular weight excluding hydrogens is 437 g/mol. The van der Waals surface area contributed by atoms with Crippen molar-refractivity contribution < 1.29 is 18.6 Å². The van der Waals surface area contributed by atoms with E-state index in [1.165, 1.54) is 6.07 Å². The number of aryl methyl sites for hydroxylation is 2. The van der Waals surface area contributed by atoms with E-state index in [-0.39, 0.29) is 33.9 Å². The second-order valence-corrected chi connectivity index (χ2v) is 7.91. The van der Waals surface area contributed by atoms with Crippen LogP contribution in [0.3, 0.4) is 0 Å². The number of halogens is 1. The molecule has 0 saturated carbocycles. The molecule has 1 aromatic heterocycles. The Hall–Kier alpha value is -4.25. The van der Waals surface area contributed by atoms with Gasteiger partial charge in [0.15, 0.2) is 11.5 Å². The van der Waals surface area contributed by atoms with Gasteiger partial charge >= 0.3 is 0 Å². The number of methoxy groups -OCH3 is 2. The van der Waals surface area contributed by atoms with E-state index in [0.717, 1.165) is 5.56 Å². The first-order valence-corrected chi connectivity index (χ1v) is 10.7. The van der Waals surface area contributed by atoms with Gasteiger partial charge in [0, 0.05) is 23.9 Å². The number of fused-ring (bicyclic) bond motifs is 1. The number of nitrogens with two attached hydrogens (primary N) is 1. The van der Waals surface area contributed by atoms with Gasteiger partial charge in [-0.05, 0) is 37.1 Å². The number of aromatic nitrogens is 1. The first-order chi connectivity index (χ1) is 16.4. The van der Waals surface area contributed by atoms with Gasteiger partial charge in [0.1, 0.15) is 23.2 Å². The molecule has 0 spiro atoms. The zero-order valence-electron chi connectivity index (χ0n) is 19.1. The lowest BCUT2D eigenvalue weighted by Gasteiger charge is -2.27. The van der Waals surface area contributed by atoms with Gasteiger partial charge in [-0.15, -0.1) is 0 Å². The smallest absolute Gasteiger partial charge is 0.258 e. The van der Waals surface area contributed by atoms with Crippen LogP contribution in [0.25, 0.3) is 0 Å². The maximum atomic E-state index is 14.8. The normalized spacial score (nSPS) is 14.7. The predicted octanol–water partition coefficient (Wildman–Crippen LogP) is 3.77. The highest BCUT2D eigenvalue weighted by molar-refractivity contribution is 5.55. The predicted molar refractivity (Wildman–Crippen MR) is 124 cm³/mol. The zero-order valence-corrected chi connectivity index (χ0v) is 19.1. The molecule has 0 aliphatic carbocycles. The quantitative estimate of drug-likeness (QED) is 0.600. The lowest BCUT2D eigenvalue weighted by molar-refractivity contribution is 0.354. The van der Waals surface area contributed by atoms with Crippen LogP contribution in [0.2, 0.25) is 0 Å². The topological polar surface area (TPSA) is 99.5 Å². The Morgan fingerprint density at radius 3 is 2.56 bits per heavy atom. The third kappa shape index (κ3) is 3.97. The van der Waals surface area contributed by atoms with Gasteiger partial charge in [0.2, 0.25) is 5.88 Å². The molecule has 1 atom stereocenters. The van der Waals surface area contributed by atoms with Gasteiger partial charge in [-0.2, -0.15) is 5.26 Å². The standard InChI is InChI=1S/C26H24FN3O4/c1-15-12-22-24(23(18(14-28)25(29)34-22)17-6-4-5-7-19(17)27)26(31)30(15)11-10-16-8-9-20(32-2)21(13-16)33-3/h4-9,12-13,23H,10-11,29H2,1-3H3/t23-/m1/s1. The zero-order chi connectivity index (χ0) is 24.4. The Balaban J connectivity index is 1.78. The van der Waals surface area contributed by atoms with E-state index in [2.05, 4.69) is 0 Å². The lowest BCUT2D eigenvalue weighted by Crippen LogP contribution is -2.33. The number of pyridine rings is 1. The van der Waals surface area contributed by atoms with Crippen molar-refractivity contribution in [3.63, 3.8) is 0 Å². The summed E-state index contributed by atoms with van der Waals surface area (Å²) in [5.41, 5.74) is 7.62. The summed E-state index contributed by atoms with van der Waals surface area (Å²) in [6, 6.07) is 15.3. The number of hydrogen-bond acceptors (Lipinski definition) is 6. The van der Waals surface area contributed by atoms with Gasteiger partial charge in [-0.1, -0.05) is 24.3 Å². The largest absolute Gasteiger partial charge is 0.493 e. The minimum absolute atomic E-state index is 0.00462. The fourth-order valence-electron chi connectivity index (χ4n) is 4.26. The Bertz CT molecular complexity index is 1390. The van der Waals surface area contributed by atoms with Gasteiger partial charge < -0.3 is 24.5 Å². The average molecular weight is 461 g/mol. The van der Waals surface area contributed by atoms with E-state index in [0.29, 0.717) is 30.2 Å². The fraction of sp³-hybridized carbons (Fsp3) is 0.231. The number of rotatable bonds is 6. The van der Waals surface area contributed by atoms with Crippen molar-refractivity contribution in [2.45, 2.75) is 25.8 Å². The van der Waals surface area contributed by atoms with Crippen molar-refractivity contribution in [2.24, 2.45) is 5.73 Å². The van der Waals surface area contributed by atoms with Crippen molar-refractivity contribution in [3.05, 3.63) is 98.5 Å². The van der Waals surface area contributed by atoms with Crippen molar-refractivity contribution in [1.82, 2.24) is 4.57 Å². The number of allylic oxidation sites excluding steroid dienone is 1. The Morgan fingerprint density at radius 1 is 1.15 bits per heavy atom. The molecule has 0 unspecified atom stereocenters. The molecule has 34 heavy (non-hydrogen) atoms. The molecule has 2 N–H and O–H groups in total. The van der Waals surface area contributed by atoms with E-state index < -0.39 is 11.7 Å². The molecule has 1 aliphatic heterocycles. The number of nitriles is 1. The van der Waals surface area contributed by atoms with Crippen molar-refractivity contribution in [1.29, 1.82) is 5.26 Å². The second kappa shape index (κ2) is 9.32. The highest BCUT2D eigenvalue weighted by atomic mass is 19.1. The summed E-state index contributed by atoms with van der Waals surface area (Å²) in [4.78, 5) is 13.7. The average Bonchev–Trinajstić information content (AvgIpc) is 2.83. The Labute approximate surface area is 196 Å². The number of ether oxygens (including phenoxy) is 3. The first-order valence-electron chi connectivity index (χ1n) is 10.7. The minimum Gasteiger partial charge on any atom is -0.493 e. The van der Waals surface area contributed by atoms with Crippen molar-refractivity contribution in [2.75, 3.05) is 14.2 Å². The molecule has 7 nitrogen and oxygen atoms in total. The molecule has 0 radical (unpaired) electrons. The van der Waals surface area contributed by atoms with Crippen LogP contribution in [0, 0.1) is 24.1 Å². The summed E-state index contributed by atoms with van der Waals surface area (Å²) >= 11 is 0. The summed E-state index contributed by atoms with van der Waals surface area (Å²) < 4.78 is 32.7. The van der Waals surface area contributed by atoms with Crippen molar-refractivity contribution in [3.8, 4) is 23.3 Å². The molecule has 174 valence electrons. The molecule has 0 fully saturated rings. The summed E-state index contributed by atoms with van der Waals surface area (Å²) in [6.07, 6.45) is 0.536. The molecule has 3 aromatic rings. The highest BCUT2D eigenvalue weighted by Crippen LogP contribution is 2.41. The van der Waals surface area contributed by atoms with E-state index in [4.69, 9.17) is 19.9 Å². The molecule has 2 heterocycles. The van der Waals surface area contributed by atoms with Gasteiger partial charge in [0.25, 0.3) is 5.56 Å². The minimum atomic E-state index is -0.963. The van der Waals surface area contributed by atoms with Crippen LogP contribution < -0.4 is 25.5 Å². The fourth-order valence-corrected chi connectivity index (χ4v) is 4.26. The SMILES string of the molecule is COc1ccc(CCn2c(C)cc3c(c2=O)[C@H](c2ccccc2F)C(C#N)=C(N)O3)cc1OC. The lowest BCUT2D eigenvalue weighted by atomic mass is 9.83. The molecule has 0 amide bonds. The van der Waals surface area contributed by atoms with Crippen LogP contribution >= 0.6 is 0 Å². The van der Waals surface area contributed by atoms with E-state index >= 15 is 0 Å². The van der Waals surface area contributed by atoms with Gasteiger partial charge in [-0.25, -0.2) is 4.39 Å². The number of nitrogens with zero attached hydrogens (tertiary/aromatic N) is 2. The van der Waals surface area contributed by atoms with Crippen molar-refractivity contribution >= 4 is 0 Å². The van der Waals surface area contributed by atoms with E-state index in [1.54, 1.807) is 50.0 Å². The third-order valence-corrected chi connectivity index (χ3v) is 5.98. The summed E-state index contributed by atoms with van der Waals surface area (Å²) in [5, 5.41) is 9.75. The summed E-state index contributed by atoms with van der Waals surface area (Å²) in [5.74, 6) is -0.179. The summed E-state index contributed by atoms with van der Waals surface area (Å²) in [6.45, 7) is 2.15. The monoisotopic (exact) mass is 461 g/mol. The maximum Gasteiger partial charge on any atom is 0.258 e. The first kappa shape index (κ1) is 22.9. The Kier molecular flexibility index (Phi) is 6.28. The molecular formula is C26H24FN3O4. The second-order valence-electron chi connectivity index (χ2n) is 7.91. The van der Waals surface area contributed by atoms with Crippen LogP contribution in [0.5, 0.6) is 17.2 Å². The molecule has 1 aliphatic rings. The van der Waals surface area contributed by atoms with Crippen LogP contribution in [-0.4, -0.2) is 18.8 Å². The molecule has 0 bridgehead atoms. The number of benzene rings is 2.